The molecule has 0 saturated carbocycles. The fourth-order valence-corrected chi connectivity index (χ4v) is 0.0577. The molecule has 0 aromatic carbocycles. The number of aliphatic hydroxyl groups is 3. The predicted octanol–water partition coefficient (Wildman–Crippen LogP) is -4.67. The molecule has 38 valence electrons. The van der Waals surface area contributed by atoms with Crippen LogP contribution in [0.5, 0.6) is 0 Å². The van der Waals surface area contributed by atoms with Crippen molar-refractivity contribution in [2.75, 3.05) is 13.2 Å². The Hall–Kier alpha value is 1.76. The fraction of sp³-hybridized carbons (Fsp3) is 1.00. The van der Waals surface area contributed by atoms with Gasteiger partial charge < -0.3 is 15.3 Å². The molecule has 0 spiro atoms. The van der Waals surface area contributed by atoms with Crippen molar-refractivity contribution in [3.8, 4) is 0 Å². The molecule has 0 fully saturated rings. The molecule has 3 nitrogen and oxygen atoms in total. The molecule has 8 heavy (non-hydrogen) atoms. The van der Waals surface area contributed by atoms with Crippen molar-refractivity contribution >= 4 is 0 Å². The first-order valence-electron chi connectivity index (χ1n) is 1.71. The van der Waals surface area contributed by atoms with Crippen molar-refractivity contribution in [2.45, 2.75) is 6.10 Å². The summed E-state index contributed by atoms with van der Waals surface area (Å²) in [4.78, 5) is 0. The first kappa shape index (κ1) is 16.4. The van der Waals surface area contributed by atoms with E-state index < -0.39 is 6.10 Å². The van der Waals surface area contributed by atoms with E-state index in [9.17, 15) is 0 Å². The van der Waals surface area contributed by atoms with E-state index >= 15 is 0 Å². The normalized spacial score (nSPS) is 7.50. The summed E-state index contributed by atoms with van der Waals surface area (Å²) in [5.74, 6) is 0. The molecule has 0 aliphatic heterocycles. The minimum absolute atomic E-state index is 0. The Morgan fingerprint density at radius 1 is 1.12 bits per heavy atom. The quantitative estimate of drug-likeness (QED) is 0.398. The Balaban J connectivity index is -0.000000125. The van der Waals surface area contributed by atoms with E-state index in [4.69, 9.17) is 15.3 Å². The molecule has 0 aromatic rings. The summed E-state index contributed by atoms with van der Waals surface area (Å²) in [5.41, 5.74) is 0. The third-order valence-electron chi connectivity index (χ3n) is 0.421. The van der Waals surface area contributed by atoms with E-state index in [0.29, 0.717) is 0 Å². The van der Waals surface area contributed by atoms with Crippen LogP contribution >= 0.6 is 0 Å². The Kier molecular flexibility index (Phi) is 23.7. The number of rotatable bonds is 2. The predicted molar refractivity (Wildman–Crippen MR) is 20.2 cm³/mol. The molecule has 0 atom stereocenters. The van der Waals surface area contributed by atoms with Crippen molar-refractivity contribution in [1.29, 1.82) is 0 Å². The Morgan fingerprint density at radius 2 is 1.38 bits per heavy atom. The molecule has 0 heterocycles. The van der Waals surface area contributed by atoms with Gasteiger partial charge in [0, 0.05) is 0 Å². The molecule has 0 rings (SSSR count). The van der Waals surface area contributed by atoms with E-state index in [-0.39, 0.29) is 69.0 Å². The molecule has 5 heteroatoms. The zero-order valence-electron chi connectivity index (χ0n) is 4.83. The van der Waals surface area contributed by atoms with Crippen LogP contribution in [0.3, 0.4) is 0 Å². The maximum atomic E-state index is 8.17. The summed E-state index contributed by atoms with van der Waals surface area (Å²) in [6.07, 6.45) is -0.954. The van der Waals surface area contributed by atoms with Crippen LogP contribution in [0.25, 0.3) is 0 Å². The molecule has 3 N–H and O–H groups in total. The number of hydrogen-bond acceptors (Lipinski definition) is 3. The average molecular weight is 206 g/mol. The smallest absolute Gasteiger partial charge is 0.394 e. The van der Waals surface area contributed by atoms with Crippen LogP contribution in [0.15, 0.2) is 0 Å². The summed E-state index contributed by atoms with van der Waals surface area (Å²) in [7, 11) is 0. The first-order valence-corrected chi connectivity index (χ1v) is 1.71. The van der Waals surface area contributed by atoms with E-state index in [1.54, 1.807) is 0 Å². The SMILES string of the molecule is OCC(O)CO.[Na+].[Zr+4]. The molecule has 0 amide bonds. The van der Waals surface area contributed by atoms with Gasteiger partial charge in [-0.25, -0.2) is 0 Å². The van der Waals surface area contributed by atoms with Crippen LogP contribution in [0.4, 0.5) is 0 Å². The number of hydrogen-bond donors (Lipinski definition) is 3. The van der Waals surface area contributed by atoms with Gasteiger partial charge in [-0.2, -0.15) is 0 Å². The van der Waals surface area contributed by atoms with E-state index in [2.05, 4.69) is 0 Å². The molecule has 0 aliphatic rings. The summed E-state index contributed by atoms with van der Waals surface area (Å²) in [6.45, 7) is -0.729. The van der Waals surface area contributed by atoms with Crippen LogP contribution in [0.1, 0.15) is 0 Å². The van der Waals surface area contributed by atoms with Gasteiger partial charge in [-0.1, -0.05) is 0 Å². The molecular formula is C3H8NaO3Zr+5. The van der Waals surface area contributed by atoms with Crippen molar-refractivity contribution in [3.05, 3.63) is 0 Å². The zero-order chi connectivity index (χ0) is 4.99. The Labute approximate surface area is 89.5 Å². The van der Waals surface area contributed by atoms with Crippen LogP contribution in [-0.4, -0.2) is 34.6 Å². The minimum Gasteiger partial charge on any atom is -0.394 e. The van der Waals surface area contributed by atoms with Gasteiger partial charge in [-0.15, -0.1) is 0 Å². The standard InChI is InChI=1S/C3H8O3.Na.Zr/c4-1-3(6)2-5;;/h3-6H,1-2H2;;/q;+1;+4. The van der Waals surface area contributed by atoms with Crippen LogP contribution < -0.4 is 29.6 Å². The van der Waals surface area contributed by atoms with Crippen molar-refractivity contribution in [2.24, 2.45) is 0 Å². The summed E-state index contributed by atoms with van der Waals surface area (Å²) in [6, 6.07) is 0. The van der Waals surface area contributed by atoms with Gasteiger partial charge in [0.1, 0.15) is 6.10 Å². The van der Waals surface area contributed by atoms with Crippen LogP contribution in [0, 0.1) is 0 Å². The van der Waals surface area contributed by atoms with Crippen molar-refractivity contribution in [3.63, 3.8) is 0 Å². The van der Waals surface area contributed by atoms with Gasteiger partial charge in [0.25, 0.3) is 0 Å². The average Bonchev–Trinajstić information content (AvgIpc) is 1.65. The first-order chi connectivity index (χ1) is 2.81. The molecule has 0 aromatic heterocycles. The maximum Gasteiger partial charge on any atom is 4.00 e. The van der Waals surface area contributed by atoms with Gasteiger partial charge in [0.2, 0.25) is 0 Å². The van der Waals surface area contributed by atoms with Gasteiger partial charge in [0.15, 0.2) is 0 Å². The van der Waals surface area contributed by atoms with Gasteiger partial charge in [0.05, 0.1) is 13.2 Å². The van der Waals surface area contributed by atoms with Crippen LogP contribution in [0.2, 0.25) is 0 Å². The molecule has 0 bridgehead atoms. The van der Waals surface area contributed by atoms with Gasteiger partial charge in [-0.05, 0) is 0 Å². The Bertz CT molecular complexity index is 33.7. The topological polar surface area (TPSA) is 60.7 Å². The zero-order valence-corrected chi connectivity index (χ0v) is 9.29. The largest absolute Gasteiger partial charge is 4.00 e. The molecule has 0 unspecified atom stereocenters. The van der Waals surface area contributed by atoms with Crippen molar-refractivity contribution < 1.29 is 71.1 Å². The second-order valence-corrected chi connectivity index (χ2v) is 1.02. The summed E-state index contributed by atoms with van der Waals surface area (Å²) in [5, 5.41) is 24.0. The molecular weight excluding hydrogens is 198 g/mol. The second kappa shape index (κ2) is 11.5. The van der Waals surface area contributed by atoms with E-state index in [1.165, 1.54) is 0 Å². The van der Waals surface area contributed by atoms with E-state index in [1.807, 2.05) is 0 Å². The molecule has 0 aliphatic carbocycles. The van der Waals surface area contributed by atoms with Crippen LogP contribution in [-0.2, 0) is 26.2 Å². The van der Waals surface area contributed by atoms with E-state index in [0.717, 1.165) is 0 Å². The van der Waals surface area contributed by atoms with Gasteiger partial charge in [-0.3, -0.25) is 0 Å². The Morgan fingerprint density at radius 3 is 1.38 bits per heavy atom. The summed E-state index contributed by atoms with van der Waals surface area (Å²) < 4.78 is 0. The molecule has 0 saturated heterocycles. The monoisotopic (exact) mass is 205 g/mol. The number of aliphatic hydroxyl groups excluding tert-OH is 3. The summed E-state index contributed by atoms with van der Waals surface area (Å²) >= 11 is 0. The minimum atomic E-state index is -0.954. The third-order valence-corrected chi connectivity index (χ3v) is 0.421. The second-order valence-electron chi connectivity index (χ2n) is 1.02. The van der Waals surface area contributed by atoms with Crippen molar-refractivity contribution in [1.82, 2.24) is 0 Å². The third kappa shape index (κ3) is 10.7. The maximum absolute atomic E-state index is 8.17. The molecule has 0 radical (unpaired) electrons. The van der Waals surface area contributed by atoms with Gasteiger partial charge >= 0.3 is 55.8 Å². The fourth-order valence-electron chi connectivity index (χ4n) is 0.0577.